The Balaban J connectivity index is 1.98. The number of rotatable bonds is 5. The van der Waals surface area contributed by atoms with Gasteiger partial charge in [0.2, 0.25) is 0 Å². The number of carboxylic acid groups (broad SMARTS) is 1. The molecule has 0 fully saturated rings. The number of anilines is 1. The van der Waals surface area contributed by atoms with Gasteiger partial charge in [-0.05, 0) is 42.0 Å². The van der Waals surface area contributed by atoms with Crippen molar-refractivity contribution in [1.29, 1.82) is 0 Å². The molecule has 8 heteroatoms. The molecule has 124 valence electrons. The second-order valence-corrected chi connectivity index (χ2v) is 5.00. The van der Waals surface area contributed by atoms with Gasteiger partial charge >= 0.3 is 5.97 Å². The second kappa shape index (κ2) is 7.93. The van der Waals surface area contributed by atoms with Gasteiger partial charge in [0, 0.05) is 5.69 Å². The summed E-state index contributed by atoms with van der Waals surface area (Å²) in [6.07, 6.45) is 1.33. The highest BCUT2D eigenvalue weighted by Crippen LogP contribution is 2.24. The van der Waals surface area contributed by atoms with Crippen molar-refractivity contribution in [3.63, 3.8) is 0 Å². The van der Waals surface area contributed by atoms with E-state index < -0.39 is 5.97 Å². The zero-order valence-electron chi connectivity index (χ0n) is 12.6. The van der Waals surface area contributed by atoms with Crippen LogP contribution in [0, 0.1) is 0 Å². The van der Waals surface area contributed by atoms with Crippen LogP contribution in [0.15, 0.2) is 47.6 Å². The average molecular weight is 344 g/mol. The summed E-state index contributed by atoms with van der Waals surface area (Å²) < 4.78 is 4.94. The maximum absolute atomic E-state index is 11.9. The molecule has 0 radical (unpaired) electrons. The number of ether oxygens (including phenoxy) is 1. The highest BCUT2D eigenvalue weighted by molar-refractivity contribution is 7.80. The minimum absolute atomic E-state index is 0.138. The lowest BCUT2D eigenvalue weighted by Crippen LogP contribution is -2.24. The van der Waals surface area contributed by atoms with Crippen LogP contribution in [0.4, 0.5) is 5.69 Å². The van der Waals surface area contributed by atoms with Crippen LogP contribution in [0.1, 0.15) is 15.9 Å². The third kappa shape index (κ3) is 4.43. The molecule has 0 unspecified atom stereocenters. The number of hydrazone groups is 1. The zero-order chi connectivity index (χ0) is 17.5. The van der Waals surface area contributed by atoms with Gasteiger partial charge in [0.25, 0.3) is 0 Å². The lowest BCUT2D eigenvalue weighted by molar-refractivity contribution is -0.270. The molecular weight excluding hydrogens is 330 g/mol. The molecule has 2 rings (SSSR count). The standard InChI is InChI=1S/C16H15N3O4S/c1-23-13-7-3-5-11(14(13)20)9-17-19-16(24)18-12-6-2-4-10(8-12)15(21)22/h2-9,20H,1H3,(H,21,22)(H2,18,19,24)/p-1. The van der Waals surface area contributed by atoms with Crippen LogP contribution in [0.2, 0.25) is 0 Å². The Hall–Kier alpha value is -3.13. The molecule has 0 aromatic heterocycles. The number of para-hydroxylation sites is 1. The Morgan fingerprint density at radius 2 is 2.08 bits per heavy atom. The van der Waals surface area contributed by atoms with Crippen LogP contribution in [0.5, 0.6) is 11.5 Å². The van der Waals surface area contributed by atoms with E-state index in [9.17, 15) is 9.90 Å². The Kier molecular flexibility index (Phi) is 5.69. The van der Waals surface area contributed by atoms with E-state index in [1.54, 1.807) is 30.3 Å². The molecule has 7 nitrogen and oxygen atoms in total. The van der Waals surface area contributed by atoms with Gasteiger partial charge in [-0.1, -0.05) is 23.9 Å². The van der Waals surface area contributed by atoms with Crippen LogP contribution in [-0.4, -0.2) is 29.5 Å². The fraction of sp³-hybridized carbons (Fsp3) is 0.0625. The first-order chi connectivity index (χ1) is 11.5. The molecule has 0 amide bonds. The summed E-state index contributed by atoms with van der Waals surface area (Å²) in [6.45, 7) is 0. The normalized spacial score (nSPS) is 10.4. The summed E-state index contributed by atoms with van der Waals surface area (Å²) in [6, 6.07) is 11.0. The van der Waals surface area contributed by atoms with Crippen LogP contribution < -0.4 is 20.6 Å². The summed E-state index contributed by atoms with van der Waals surface area (Å²) in [4.78, 5) is 10.9. The van der Waals surface area contributed by atoms with E-state index in [0.29, 0.717) is 11.3 Å². The molecule has 0 aliphatic rings. The molecule has 2 aromatic carbocycles. The first kappa shape index (κ1) is 17.2. The monoisotopic (exact) mass is 344 g/mol. The van der Waals surface area contributed by atoms with Crippen molar-refractivity contribution in [3.8, 4) is 11.5 Å². The van der Waals surface area contributed by atoms with Crippen LogP contribution >= 0.6 is 12.2 Å². The number of nitrogens with one attached hydrogen (secondary N) is 2. The number of thiocarbonyl (C=S) groups is 1. The van der Waals surface area contributed by atoms with Gasteiger partial charge in [0.15, 0.2) is 5.11 Å². The molecule has 0 bridgehead atoms. The van der Waals surface area contributed by atoms with E-state index in [-0.39, 0.29) is 22.2 Å². The number of methoxy groups -OCH3 is 1. The van der Waals surface area contributed by atoms with E-state index in [2.05, 4.69) is 15.8 Å². The lowest BCUT2D eigenvalue weighted by Gasteiger charge is -2.14. The summed E-state index contributed by atoms with van der Waals surface area (Å²) in [7, 11) is 1.42. The number of carbonyl (C=O) groups is 1. The highest BCUT2D eigenvalue weighted by Gasteiger charge is 2.04. The van der Waals surface area contributed by atoms with E-state index >= 15 is 0 Å². The first-order valence-corrected chi connectivity index (χ1v) is 7.19. The predicted molar refractivity (Wildman–Crippen MR) is 92.8 cm³/mol. The lowest BCUT2D eigenvalue weighted by atomic mass is 10.2. The molecule has 0 heterocycles. The van der Waals surface area contributed by atoms with Crippen molar-refractivity contribution in [3.05, 3.63) is 53.6 Å². The smallest absolute Gasteiger partial charge is 0.335 e. The molecule has 0 saturated carbocycles. The van der Waals surface area contributed by atoms with Crippen molar-refractivity contribution in [2.24, 2.45) is 5.10 Å². The predicted octanol–water partition coefficient (Wildman–Crippen LogP) is 1.79. The number of aromatic carboxylic acids is 1. The Morgan fingerprint density at radius 3 is 2.79 bits per heavy atom. The Morgan fingerprint density at radius 1 is 1.33 bits per heavy atom. The molecule has 0 aliphatic carbocycles. The summed E-state index contributed by atoms with van der Waals surface area (Å²) in [5.74, 6) is -1.08. The van der Waals surface area contributed by atoms with Crippen molar-refractivity contribution < 1.29 is 19.7 Å². The largest absolute Gasteiger partial charge is 0.870 e. The van der Waals surface area contributed by atoms with E-state index in [1.165, 1.54) is 25.5 Å². The van der Waals surface area contributed by atoms with Crippen LogP contribution in [0.3, 0.4) is 0 Å². The molecule has 2 aromatic rings. The SMILES string of the molecule is COc1cccc(C=NNC(=S)Nc2cccc(C(=O)O)c2)c1[O-]. The molecule has 24 heavy (non-hydrogen) atoms. The maximum Gasteiger partial charge on any atom is 0.335 e. The molecule has 0 spiro atoms. The molecule has 0 saturated heterocycles. The van der Waals surface area contributed by atoms with E-state index in [4.69, 9.17) is 22.1 Å². The summed E-state index contributed by atoms with van der Waals surface area (Å²) in [5.41, 5.74) is 3.55. The van der Waals surface area contributed by atoms with Crippen LogP contribution in [0.25, 0.3) is 0 Å². The van der Waals surface area contributed by atoms with Gasteiger partial charge in [-0.25, -0.2) is 4.79 Å². The first-order valence-electron chi connectivity index (χ1n) is 6.78. The van der Waals surface area contributed by atoms with Crippen molar-refractivity contribution in [2.75, 3.05) is 12.4 Å². The third-order valence-electron chi connectivity index (χ3n) is 2.97. The van der Waals surface area contributed by atoms with Crippen molar-refractivity contribution in [1.82, 2.24) is 5.43 Å². The van der Waals surface area contributed by atoms with Crippen LogP contribution in [-0.2, 0) is 0 Å². The van der Waals surface area contributed by atoms with Gasteiger partial charge in [-0.3, -0.25) is 5.43 Å². The average Bonchev–Trinajstić information content (AvgIpc) is 2.56. The Labute approximate surface area is 143 Å². The number of nitrogens with zero attached hydrogens (tertiary/aromatic N) is 1. The molecule has 3 N–H and O–H groups in total. The van der Waals surface area contributed by atoms with Gasteiger partial charge in [-0.15, -0.1) is 0 Å². The highest BCUT2D eigenvalue weighted by atomic mass is 32.1. The van der Waals surface area contributed by atoms with E-state index in [0.717, 1.165) is 0 Å². The van der Waals surface area contributed by atoms with Crippen molar-refractivity contribution in [2.45, 2.75) is 0 Å². The number of benzene rings is 2. The van der Waals surface area contributed by atoms with Crippen molar-refractivity contribution >= 4 is 35.2 Å². The third-order valence-corrected chi connectivity index (χ3v) is 3.16. The fourth-order valence-corrected chi connectivity index (χ4v) is 2.02. The quantitative estimate of drug-likeness (QED) is 0.431. The van der Waals surface area contributed by atoms with Gasteiger partial charge in [0.05, 0.1) is 18.9 Å². The number of hydrogen-bond acceptors (Lipinski definition) is 5. The molecule has 0 aliphatic heterocycles. The minimum Gasteiger partial charge on any atom is -0.870 e. The number of carboxylic acids is 1. The minimum atomic E-state index is -1.03. The summed E-state index contributed by atoms with van der Waals surface area (Å²) in [5, 5.41) is 27.7. The topological polar surface area (TPSA) is 106 Å². The fourth-order valence-electron chi connectivity index (χ4n) is 1.84. The van der Waals surface area contributed by atoms with Gasteiger partial charge < -0.3 is 20.3 Å². The zero-order valence-corrected chi connectivity index (χ0v) is 13.5. The second-order valence-electron chi connectivity index (χ2n) is 4.59. The summed E-state index contributed by atoms with van der Waals surface area (Å²) >= 11 is 5.06. The number of hydrogen-bond donors (Lipinski definition) is 3. The van der Waals surface area contributed by atoms with Gasteiger partial charge in [0.1, 0.15) is 5.75 Å². The Bertz CT molecular complexity index is 793. The molecular formula is C16H14N3O4S-. The maximum atomic E-state index is 11.9. The van der Waals surface area contributed by atoms with E-state index in [1.807, 2.05) is 0 Å². The van der Waals surface area contributed by atoms with Gasteiger partial charge in [-0.2, -0.15) is 5.10 Å². The molecule has 0 atom stereocenters.